The lowest BCUT2D eigenvalue weighted by atomic mass is 9.44. The maximum Gasteiger partial charge on any atom is 0.302 e. The van der Waals surface area contributed by atoms with Gasteiger partial charge >= 0.3 is 5.97 Å². The summed E-state index contributed by atoms with van der Waals surface area (Å²) in [4.78, 5) is 11.5. The number of ether oxygens (including phenoxy) is 1. The Labute approximate surface area is 196 Å². The molecule has 0 saturated heterocycles. The van der Waals surface area contributed by atoms with Gasteiger partial charge in [-0.25, -0.2) is 0 Å². The molecule has 0 aromatic heterocycles. The molecular weight excluding hydrogens is 396 g/mol. The lowest BCUT2D eigenvalue weighted by Gasteiger charge is -2.61. The van der Waals surface area contributed by atoms with Gasteiger partial charge in [0.05, 0.1) is 6.10 Å². The van der Waals surface area contributed by atoms with Gasteiger partial charge in [-0.05, 0) is 123 Å². The van der Waals surface area contributed by atoms with Crippen LogP contribution in [0.3, 0.4) is 0 Å². The first-order valence-corrected chi connectivity index (χ1v) is 13.6. The maximum absolute atomic E-state index is 11.5. The summed E-state index contributed by atoms with van der Waals surface area (Å²) in [7, 11) is 0. The van der Waals surface area contributed by atoms with Crippen LogP contribution in [0.1, 0.15) is 105 Å². The molecule has 0 amide bonds. The molecule has 0 bridgehead atoms. The Kier molecular flexibility index (Phi) is 7.16. The standard InChI is InChI=1S/C29H48O3/c1-6-7-22(31)10-8-19(2)25-12-13-26-24-11-9-21-18-23(32-20(3)30)14-16-28(21,4)27(24)15-17-29(25,26)5/h6,19,21-27,31H,1,7-18H2,2-5H3/t19-,21-,22?,23-,24+,25-,26+,27+,28+,29-/m1/s1. The van der Waals surface area contributed by atoms with E-state index >= 15 is 0 Å². The number of aliphatic hydroxyl groups is 1. The second-order valence-electron chi connectivity index (χ2n) is 12.6. The van der Waals surface area contributed by atoms with E-state index in [1.54, 1.807) is 6.92 Å². The summed E-state index contributed by atoms with van der Waals surface area (Å²) < 4.78 is 5.64. The first-order chi connectivity index (χ1) is 15.2. The fraction of sp³-hybridized carbons (Fsp3) is 0.897. The summed E-state index contributed by atoms with van der Waals surface area (Å²) in [5.74, 6) is 4.78. The van der Waals surface area contributed by atoms with Crippen molar-refractivity contribution in [3.63, 3.8) is 0 Å². The largest absolute Gasteiger partial charge is 0.463 e. The fourth-order valence-corrected chi connectivity index (χ4v) is 9.50. The van der Waals surface area contributed by atoms with Crippen LogP contribution in [0.15, 0.2) is 12.7 Å². The third-order valence-corrected chi connectivity index (χ3v) is 11.1. The molecule has 1 unspecified atom stereocenters. The van der Waals surface area contributed by atoms with E-state index in [1.807, 2.05) is 6.08 Å². The quantitative estimate of drug-likeness (QED) is 0.342. The van der Waals surface area contributed by atoms with Gasteiger partial charge < -0.3 is 9.84 Å². The van der Waals surface area contributed by atoms with E-state index in [9.17, 15) is 9.90 Å². The Morgan fingerprint density at radius 2 is 1.78 bits per heavy atom. The number of aliphatic hydroxyl groups excluding tert-OH is 1. The number of rotatable bonds is 7. The fourth-order valence-electron chi connectivity index (χ4n) is 9.50. The van der Waals surface area contributed by atoms with Crippen molar-refractivity contribution in [3.05, 3.63) is 12.7 Å². The lowest BCUT2D eigenvalue weighted by Crippen LogP contribution is -2.54. The molecule has 3 nitrogen and oxygen atoms in total. The highest BCUT2D eigenvalue weighted by Gasteiger charge is 2.60. The van der Waals surface area contributed by atoms with Crippen LogP contribution in [-0.2, 0) is 9.53 Å². The van der Waals surface area contributed by atoms with Gasteiger partial charge in [-0.3, -0.25) is 4.79 Å². The van der Waals surface area contributed by atoms with E-state index in [4.69, 9.17) is 4.74 Å². The van der Waals surface area contributed by atoms with E-state index < -0.39 is 0 Å². The highest BCUT2D eigenvalue weighted by atomic mass is 16.5. The van der Waals surface area contributed by atoms with Crippen LogP contribution in [0.4, 0.5) is 0 Å². The molecule has 10 atom stereocenters. The van der Waals surface area contributed by atoms with Gasteiger partial charge in [0.15, 0.2) is 0 Å². The average Bonchev–Trinajstić information content (AvgIpc) is 3.09. The Morgan fingerprint density at radius 3 is 2.50 bits per heavy atom. The summed E-state index contributed by atoms with van der Waals surface area (Å²) in [6.45, 7) is 13.0. The molecule has 32 heavy (non-hydrogen) atoms. The van der Waals surface area contributed by atoms with Crippen molar-refractivity contribution in [2.24, 2.45) is 46.3 Å². The number of carbonyl (C=O) groups excluding carboxylic acids is 1. The van der Waals surface area contributed by atoms with Crippen molar-refractivity contribution >= 4 is 5.97 Å². The van der Waals surface area contributed by atoms with Crippen LogP contribution in [-0.4, -0.2) is 23.3 Å². The number of carbonyl (C=O) groups is 1. The van der Waals surface area contributed by atoms with E-state index in [-0.39, 0.29) is 18.2 Å². The van der Waals surface area contributed by atoms with Crippen LogP contribution in [0.25, 0.3) is 0 Å². The second kappa shape index (κ2) is 9.43. The molecule has 0 heterocycles. The van der Waals surface area contributed by atoms with E-state index in [2.05, 4.69) is 27.4 Å². The first-order valence-electron chi connectivity index (χ1n) is 13.6. The van der Waals surface area contributed by atoms with E-state index in [1.165, 1.54) is 44.9 Å². The number of hydrogen-bond donors (Lipinski definition) is 1. The number of hydrogen-bond acceptors (Lipinski definition) is 3. The zero-order valence-corrected chi connectivity index (χ0v) is 21.2. The third kappa shape index (κ3) is 4.32. The van der Waals surface area contributed by atoms with Crippen molar-refractivity contribution in [1.29, 1.82) is 0 Å². The van der Waals surface area contributed by atoms with Gasteiger partial charge in [0, 0.05) is 6.92 Å². The van der Waals surface area contributed by atoms with Crippen molar-refractivity contribution in [3.8, 4) is 0 Å². The van der Waals surface area contributed by atoms with Gasteiger partial charge in [-0.1, -0.05) is 26.8 Å². The molecule has 0 spiro atoms. The minimum absolute atomic E-state index is 0.108. The monoisotopic (exact) mass is 444 g/mol. The van der Waals surface area contributed by atoms with Crippen molar-refractivity contribution < 1.29 is 14.6 Å². The lowest BCUT2D eigenvalue weighted by molar-refractivity contribution is -0.160. The van der Waals surface area contributed by atoms with Crippen LogP contribution in [0.2, 0.25) is 0 Å². The molecule has 182 valence electrons. The Morgan fingerprint density at radius 1 is 1.06 bits per heavy atom. The van der Waals surface area contributed by atoms with Gasteiger partial charge in [0.2, 0.25) is 0 Å². The summed E-state index contributed by atoms with van der Waals surface area (Å²) in [5.41, 5.74) is 0.932. The normalized spacial score (nSPS) is 45.2. The zero-order valence-electron chi connectivity index (χ0n) is 21.2. The Bertz CT molecular complexity index is 688. The predicted octanol–water partition coefficient (Wildman–Crippen LogP) is 6.93. The molecule has 4 rings (SSSR count). The first kappa shape index (κ1) is 24.3. The minimum atomic E-state index is -0.215. The maximum atomic E-state index is 11.5. The van der Waals surface area contributed by atoms with E-state index in [0.717, 1.165) is 61.7 Å². The van der Waals surface area contributed by atoms with Crippen molar-refractivity contribution in [1.82, 2.24) is 0 Å². The summed E-state index contributed by atoms with van der Waals surface area (Å²) in [6, 6.07) is 0. The molecule has 3 heteroatoms. The zero-order chi connectivity index (χ0) is 23.1. The van der Waals surface area contributed by atoms with Crippen molar-refractivity contribution in [2.75, 3.05) is 0 Å². The Hall–Kier alpha value is -0.830. The average molecular weight is 445 g/mol. The number of fused-ring (bicyclic) bond motifs is 5. The third-order valence-electron chi connectivity index (χ3n) is 11.1. The topological polar surface area (TPSA) is 46.5 Å². The summed E-state index contributed by atoms with van der Waals surface area (Å²) in [6.07, 6.45) is 16.3. The van der Waals surface area contributed by atoms with Gasteiger partial charge in [-0.15, -0.1) is 6.58 Å². The van der Waals surface area contributed by atoms with Crippen LogP contribution in [0.5, 0.6) is 0 Å². The predicted molar refractivity (Wildman–Crippen MR) is 130 cm³/mol. The molecule has 0 aromatic rings. The summed E-state index contributed by atoms with van der Waals surface area (Å²) >= 11 is 0. The molecule has 0 aromatic carbocycles. The number of esters is 1. The molecule has 4 fully saturated rings. The highest BCUT2D eigenvalue weighted by molar-refractivity contribution is 5.66. The highest BCUT2D eigenvalue weighted by Crippen LogP contribution is 2.68. The minimum Gasteiger partial charge on any atom is -0.463 e. The molecule has 0 radical (unpaired) electrons. The molecule has 4 aliphatic carbocycles. The van der Waals surface area contributed by atoms with Crippen molar-refractivity contribution in [2.45, 2.75) is 117 Å². The molecule has 0 aliphatic heterocycles. The molecule has 4 saturated carbocycles. The smallest absolute Gasteiger partial charge is 0.302 e. The van der Waals surface area contributed by atoms with Crippen LogP contribution in [0, 0.1) is 46.3 Å². The molecular formula is C29H48O3. The van der Waals surface area contributed by atoms with Gasteiger partial charge in [0.25, 0.3) is 0 Å². The summed E-state index contributed by atoms with van der Waals surface area (Å²) in [5, 5.41) is 10.2. The Balaban J connectivity index is 1.42. The molecule has 4 aliphatic rings. The molecule has 1 N–H and O–H groups in total. The van der Waals surface area contributed by atoms with Crippen LogP contribution >= 0.6 is 0 Å². The van der Waals surface area contributed by atoms with Gasteiger partial charge in [-0.2, -0.15) is 0 Å². The van der Waals surface area contributed by atoms with Gasteiger partial charge in [0.1, 0.15) is 6.10 Å². The second-order valence-corrected chi connectivity index (χ2v) is 12.6. The van der Waals surface area contributed by atoms with Crippen LogP contribution < -0.4 is 0 Å². The SMILES string of the molecule is C=CCC(O)CC[C@@H](C)[C@H]1CC[C@H]2[C@@H]3CC[C@@H]4C[C@H](OC(C)=O)CC[C@]4(C)[C@H]3CC[C@]12C. The van der Waals surface area contributed by atoms with E-state index in [0.29, 0.717) is 16.7 Å².